The topological polar surface area (TPSA) is 38.8 Å². The maximum absolute atomic E-state index is 11.4. The van der Waals surface area contributed by atoms with Gasteiger partial charge in [0, 0.05) is 7.05 Å². The second kappa shape index (κ2) is 5.87. The molecule has 0 unspecified atom stereocenters. The minimum Gasteiger partial charge on any atom is -0.484 e. The average Bonchev–Trinajstić information content (AvgIpc) is 2.34. The van der Waals surface area contributed by atoms with E-state index in [4.69, 9.17) is 9.57 Å². The second-order valence-corrected chi connectivity index (χ2v) is 5.14. The molecular formula is C14H21NO3. The molecule has 0 aliphatic rings. The summed E-state index contributed by atoms with van der Waals surface area (Å²) < 4.78 is 5.39. The van der Waals surface area contributed by atoms with Crippen LogP contribution in [0.5, 0.6) is 5.75 Å². The molecule has 0 saturated heterocycles. The standard InChI is InChI=1S/C14H21NO3/c1-14(2,3)11-6-8-12(9-7-11)18-10-13(16)15(4)17-5/h6-9H,10H2,1-5H3. The number of hydrogen-bond acceptors (Lipinski definition) is 3. The molecule has 0 heterocycles. The Balaban J connectivity index is 2.57. The number of hydroxylamine groups is 2. The van der Waals surface area contributed by atoms with Crippen LogP contribution in [0.3, 0.4) is 0 Å². The lowest BCUT2D eigenvalue weighted by molar-refractivity contribution is -0.170. The molecule has 0 spiro atoms. The van der Waals surface area contributed by atoms with E-state index in [1.165, 1.54) is 12.7 Å². The summed E-state index contributed by atoms with van der Waals surface area (Å²) in [5.41, 5.74) is 1.35. The quantitative estimate of drug-likeness (QED) is 0.771. The van der Waals surface area contributed by atoms with E-state index in [0.29, 0.717) is 5.75 Å². The van der Waals surface area contributed by atoms with Crippen molar-refractivity contribution in [2.24, 2.45) is 0 Å². The number of benzene rings is 1. The first kappa shape index (κ1) is 14.5. The SMILES string of the molecule is CON(C)C(=O)COc1ccc(C(C)(C)C)cc1. The first-order valence-corrected chi connectivity index (χ1v) is 5.88. The van der Waals surface area contributed by atoms with Gasteiger partial charge in [0.25, 0.3) is 5.91 Å². The summed E-state index contributed by atoms with van der Waals surface area (Å²) in [7, 11) is 2.99. The Hall–Kier alpha value is -1.55. The summed E-state index contributed by atoms with van der Waals surface area (Å²) in [5.74, 6) is 0.457. The lowest BCUT2D eigenvalue weighted by atomic mass is 9.87. The summed E-state index contributed by atoms with van der Waals surface area (Å²) in [6.07, 6.45) is 0. The number of ether oxygens (including phenoxy) is 1. The molecule has 4 nitrogen and oxygen atoms in total. The Kier molecular flexibility index (Phi) is 4.73. The van der Waals surface area contributed by atoms with Gasteiger partial charge in [0.05, 0.1) is 7.11 Å². The molecule has 0 aliphatic heterocycles. The van der Waals surface area contributed by atoms with Gasteiger partial charge in [0.1, 0.15) is 5.75 Å². The highest BCUT2D eigenvalue weighted by Crippen LogP contribution is 2.24. The Bertz CT molecular complexity index is 392. The smallest absolute Gasteiger partial charge is 0.283 e. The fraction of sp³-hybridized carbons (Fsp3) is 0.500. The maximum Gasteiger partial charge on any atom is 0.283 e. The zero-order valence-corrected chi connectivity index (χ0v) is 11.7. The minimum atomic E-state index is -0.225. The predicted octanol–water partition coefficient (Wildman–Crippen LogP) is 2.38. The first-order chi connectivity index (χ1) is 8.34. The van der Waals surface area contributed by atoms with Crippen molar-refractivity contribution < 1.29 is 14.4 Å². The minimum absolute atomic E-state index is 0.0286. The summed E-state index contributed by atoms with van der Waals surface area (Å²) in [6, 6.07) is 7.78. The van der Waals surface area contributed by atoms with Crippen LogP contribution >= 0.6 is 0 Å². The number of amides is 1. The highest BCUT2D eigenvalue weighted by molar-refractivity contribution is 5.76. The molecule has 0 radical (unpaired) electrons. The molecule has 1 rings (SSSR count). The van der Waals surface area contributed by atoms with Crippen molar-refractivity contribution >= 4 is 5.91 Å². The van der Waals surface area contributed by atoms with E-state index < -0.39 is 0 Å². The Morgan fingerprint density at radius 2 is 1.78 bits per heavy atom. The van der Waals surface area contributed by atoms with Gasteiger partial charge in [-0.1, -0.05) is 32.9 Å². The fourth-order valence-corrected chi connectivity index (χ4v) is 1.39. The molecular weight excluding hydrogens is 230 g/mol. The van der Waals surface area contributed by atoms with Crippen LogP contribution in [0.2, 0.25) is 0 Å². The van der Waals surface area contributed by atoms with Crippen LogP contribution in [-0.4, -0.2) is 31.7 Å². The molecule has 1 amide bonds. The van der Waals surface area contributed by atoms with Crippen molar-refractivity contribution in [3.63, 3.8) is 0 Å². The van der Waals surface area contributed by atoms with Crippen molar-refractivity contribution in [3.05, 3.63) is 29.8 Å². The van der Waals surface area contributed by atoms with Gasteiger partial charge in [0.15, 0.2) is 6.61 Å². The maximum atomic E-state index is 11.4. The zero-order valence-electron chi connectivity index (χ0n) is 11.7. The Morgan fingerprint density at radius 1 is 1.22 bits per heavy atom. The molecule has 100 valence electrons. The zero-order chi connectivity index (χ0) is 13.8. The van der Waals surface area contributed by atoms with Crippen LogP contribution < -0.4 is 4.74 Å². The highest BCUT2D eigenvalue weighted by Gasteiger charge is 2.13. The molecule has 0 aromatic heterocycles. The van der Waals surface area contributed by atoms with Crippen LogP contribution in [0, 0.1) is 0 Å². The fourth-order valence-electron chi connectivity index (χ4n) is 1.39. The van der Waals surface area contributed by atoms with Crippen LogP contribution in [0.1, 0.15) is 26.3 Å². The summed E-state index contributed by atoms with van der Waals surface area (Å²) in [5, 5.41) is 1.14. The van der Waals surface area contributed by atoms with E-state index in [1.54, 1.807) is 7.05 Å². The predicted molar refractivity (Wildman–Crippen MR) is 70.4 cm³/mol. The first-order valence-electron chi connectivity index (χ1n) is 5.88. The molecule has 18 heavy (non-hydrogen) atoms. The van der Waals surface area contributed by atoms with Gasteiger partial charge in [-0.05, 0) is 23.1 Å². The van der Waals surface area contributed by atoms with Gasteiger partial charge in [-0.2, -0.15) is 0 Å². The number of nitrogens with zero attached hydrogens (tertiary/aromatic N) is 1. The number of hydrogen-bond donors (Lipinski definition) is 0. The molecule has 4 heteroatoms. The monoisotopic (exact) mass is 251 g/mol. The Morgan fingerprint density at radius 3 is 2.22 bits per heavy atom. The largest absolute Gasteiger partial charge is 0.484 e. The van der Waals surface area contributed by atoms with Crippen molar-refractivity contribution in [1.29, 1.82) is 0 Å². The molecule has 0 fully saturated rings. The lowest BCUT2D eigenvalue weighted by Crippen LogP contribution is -2.30. The summed E-state index contributed by atoms with van der Waals surface area (Å²) in [6.45, 7) is 6.43. The van der Waals surface area contributed by atoms with Crippen LogP contribution in [0.4, 0.5) is 0 Å². The van der Waals surface area contributed by atoms with Crippen molar-refractivity contribution in [2.45, 2.75) is 26.2 Å². The molecule has 1 aromatic rings. The molecule has 0 bridgehead atoms. The molecule has 0 atom stereocenters. The van der Waals surface area contributed by atoms with Gasteiger partial charge >= 0.3 is 0 Å². The van der Waals surface area contributed by atoms with Gasteiger partial charge in [-0.25, -0.2) is 5.06 Å². The van der Waals surface area contributed by atoms with Gasteiger partial charge in [0.2, 0.25) is 0 Å². The van der Waals surface area contributed by atoms with Crippen LogP contribution in [-0.2, 0) is 15.0 Å². The molecule has 0 N–H and O–H groups in total. The van der Waals surface area contributed by atoms with Crippen molar-refractivity contribution in [1.82, 2.24) is 5.06 Å². The Labute approximate surface area is 108 Å². The molecule has 0 aliphatic carbocycles. The number of likely N-dealkylation sites (N-methyl/N-ethyl adjacent to an activating group) is 1. The molecule has 0 saturated carbocycles. The summed E-state index contributed by atoms with van der Waals surface area (Å²) >= 11 is 0. The van der Waals surface area contributed by atoms with E-state index in [9.17, 15) is 4.79 Å². The highest BCUT2D eigenvalue weighted by atomic mass is 16.7. The normalized spacial score (nSPS) is 11.2. The third kappa shape index (κ3) is 4.04. The average molecular weight is 251 g/mol. The van der Waals surface area contributed by atoms with E-state index in [1.807, 2.05) is 24.3 Å². The lowest BCUT2D eigenvalue weighted by Gasteiger charge is -2.19. The van der Waals surface area contributed by atoms with Crippen molar-refractivity contribution in [2.75, 3.05) is 20.8 Å². The van der Waals surface area contributed by atoms with Gasteiger partial charge in [-0.3, -0.25) is 9.63 Å². The van der Waals surface area contributed by atoms with E-state index in [-0.39, 0.29) is 17.9 Å². The third-order valence-corrected chi connectivity index (χ3v) is 2.71. The summed E-state index contributed by atoms with van der Waals surface area (Å²) in [4.78, 5) is 16.2. The second-order valence-electron chi connectivity index (χ2n) is 5.14. The van der Waals surface area contributed by atoms with E-state index in [0.717, 1.165) is 5.06 Å². The van der Waals surface area contributed by atoms with Gasteiger partial charge < -0.3 is 4.74 Å². The van der Waals surface area contributed by atoms with E-state index >= 15 is 0 Å². The third-order valence-electron chi connectivity index (χ3n) is 2.71. The molecule has 1 aromatic carbocycles. The van der Waals surface area contributed by atoms with Crippen molar-refractivity contribution in [3.8, 4) is 5.75 Å². The van der Waals surface area contributed by atoms with Crippen LogP contribution in [0.15, 0.2) is 24.3 Å². The number of rotatable bonds is 4. The van der Waals surface area contributed by atoms with Crippen LogP contribution in [0.25, 0.3) is 0 Å². The number of carbonyl (C=O) groups is 1. The van der Waals surface area contributed by atoms with E-state index in [2.05, 4.69) is 20.8 Å². The number of carbonyl (C=O) groups excluding carboxylic acids is 1. The van der Waals surface area contributed by atoms with Gasteiger partial charge in [-0.15, -0.1) is 0 Å².